The van der Waals surface area contributed by atoms with E-state index in [4.69, 9.17) is 10.5 Å². The van der Waals surface area contributed by atoms with Crippen LogP contribution in [-0.4, -0.2) is 22.5 Å². The third kappa shape index (κ3) is 3.85. The van der Waals surface area contributed by atoms with Crippen LogP contribution in [0.15, 0.2) is 42.5 Å². The van der Waals surface area contributed by atoms with Crippen LogP contribution in [0.3, 0.4) is 0 Å². The molecule has 0 fully saturated rings. The van der Waals surface area contributed by atoms with Gasteiger partial charge in [-0.05, 0) is 55.3 Å². The second-order valence-corrected chi connectivity index (χ2v) is 5.79. The average Bonchev–Trinajstić information content (AvgIpc) is 2.61. The summed E-state index contributed by atoms with van der Waals surface area (Å²) < 4.78 is 5.11. The second-order valence-electron chi connectivity index (χ2n) is 5.79. The van der Waals surface area contributed by atoms with Crippen molar-refractivity contribution in [2.24, 2.45) is 0 Å². The van der Waals surface area contributed by atoms with Crippen LogP contribution in [0.4, 0.5) is 17.3 Å². The Labute approximate surface area is 146 Å². The number of hydrogen-bond donors (Lipinski definition) is 2. The number of nitrogens with two attached hydrogens (primary N) is 1. The molecule has 0 spiro atoms. The third-order valence-corrected chi connectivity index (χ3v) is 3.67. The van der Waals surface area contributed by atoms with Gasteiger partial charge in [-0.3, -0.25) is 0 Å². The highest BCUT2D eigenvalue weighted by Gasteiger charge is 2.09. The van der Waals surface area contributed by atoms with Gasteiger partial charge in [-0.1, -0.05) is 13.0 Å². The molecule has 128 valence electrons. The zero-order chi connectivity index (χ0) is 17.8. The normalized spacial score (nSPS) is 10.6. The van der Waals surface area contributed by atoms with Crippen molar-refractivity contribution in [2.75, 3.05) is 17.7 Å². The van der Waals surface area contributed by atoms with Gasteiger partial charge in [0.25, 0.3) is 0 Å². The molecule has 6 heteroatoms. The summed E-state index contributed by atoms with van der Waals surface area (Å²) in [4.78, 5) is 20.7. The first-order chi connectivity index (χ1) is 12.1. The molecule has 6 nitrogen and oxygen atoms in total. The van der Waals surface area contributed by atoms with E-state index in [9.17, 15) is 4.79 Å². The van der Waals surface area contributed by atoms with Gasteiger partial charge in [-0.2, -0.15) is 0 Å². The highest BCUT2D eigenvalue weighted by atomic mass is 16.5. The van der Waals surface area contributed by atoms with Crippen molar-refractivity contribution >= 4 is 34.3 Å². The van der Waals surface area contributed by atoms with Crippen LogP contribution in [0.25, 0.3) is 11.0 Å². The Morgan fingerprint density at radius 3 is 2.60 bits per heavy atom. The summed E-state index contributed by atoms with van der Waals surface area (Å²) in [6, 6.07) is 12.8. The van der Waals surface area contributed by atoms with Crippen molar-refractivity contribution in [2.45, 2.75) is 20.3 Å². The van der Waals surface area contributed by atoms with E-state index in [0.29, 0.717) is 23.8 Å². The smallest absolute Gasteiger partial charge is 0.338 e. The minimum absolute atomic E-state index is 0.322. The first-order valence-electron chi connectivity index (χ1n) is 8.15. The molecule has 0 aliphatic carbocycles. The number of aryl methyl sites for hydroxylation is 1. The SMILES string of the molecule is CCCOC(=O)c1ccc(Nc2nc3cc(C)ccc3nc2N)cc1. The average molecular weight is 336 g/mol. The molecule has 0 aliphatic heterocycles. The standard InChI is InChI=1S/C19H20N4O2/c1-3-10-25-19(24)13-5-7-14(8-6-13)21-18-17(20)22-15-9-4-12(2)11-16(15)23-18/h4-9,11H,3,10H2,1-2H3,(H2,20,22)(H,21,23). The molecule has 3 rings (SSSR count). The zero-order valence-electron chi connectivity index (χ0n) is 14.2. The monoisotopic (exact) mass is 336 g/mol. The summed E-state index contributed by atoms with van der Waals surface area (Å²) in [5.41, 5.74) is 9.90. The topological polar surface area (TPSA) is 90.1 Å². The first-order valence-corrected chi connectivity index (χ1v) is 8.15. The van der Waals surface area contributed by atoms with Crippen LogP contribution >= 0.6 is 0 Å². The Morgan fingerprint density at radius 1 is 1.12 bits per heavy atom. The van der Waals surface area contributed by atoms with Crippen LogP contribution in [0.2, 0.25) is 0 Å². The van der Waals surface area contributed by atoms with Crippen molar-refractivity contribution in [1.82, 2.24) is 9.97 Å². The number of hydrogen-bond acceptors (Lipinski definition) is 6. The van der Waals surface area contributed by atoms with Crippen molar-refractivity contribution in [1.29, 1.82) is 0 Å². The quantitative estimate of drug-likeness (QED) is 0.688. The van der Waals surface area contributed by atoms with Crippen molar-refractivity contribution in [3.05, 3.63) is 53.6 Å². The number of benzene rings is 2. The maximum atomic E-state index is 11.8. The maximum absolute atomic E-state index is 11.8. The van der Waals surface area contributed by atoms with Crippen LogP contribution in [0.1, 0.15) is 29.3 Å². The summed E-state index contributed by atoms with van der Waals surface area (Å²) in [6.45, 7) is 4.37. The Kier molecular flexibility index (Phi) is 4.79. The van der Waals surface area contributed by atoms with E-state index in [1.54, 1.807) is 24.3 Å². The van der Waals surface area contributed by atoms with E-state index in [-0.39, 0.29) is 5.97 Å². The Balaban J connectivity index is 1.81. The van der Waals surface area contributed by atoms with Crippen LogP contribution in [0, 0.1) is 6.92 Å². The molecule has 0 aliphatic rings. The molecule has 0 atom stereocenters. The van der Waals surface area contributed by atoms with Gasteiger partial charge in [0.05, 0.1) is 23.2 Å². The minimum Gasteiger partial charge on any atom is -0.462 e. The predicted octanol–water partition coefficient (Wildman–Crippen LogP) is 3.83. The van der Waals surface area contributed by atoms with E-state index in [0.717, 1.165) is 28.7 Å². The van der Waals surface area contributed by atoms with Gasteiger partial charge < -0.3 is 15.8 Å². The molecule has 3 N–H and O–H groups in total. The number of nitrogen functional groups attached to an aromatic ring is 1. The predicted molar refractivity (Wildman–Crippen MR) is 99.0 cm³/mol. The van der Waals surface area contributed by atoms with E-state index in [2.05, 4.69) is 15.3 Å². The lowest BCUT2D eigenvalue weighted by molar-refractivity contribution is 0.0505. The molecule has 0 radical (unpaired) electrons. The molecule has 0 saturated heterocycles. The lowest BCUT2D eigenvalue weighted by Gasteiger charge is -2.10. The van der Waals surface area contributed by atoms with Crippen LogP contribution in [0.5, 0.6) is 0 Å². The number of aromatic nitrogens is 2. The van der Waals surface area contributed by atoms with Gasteiger partial charge in [0, 0.05) is 5.69 Å². The minimum atomic E-state index is -0.325. The van der Waals surface area contributed by atoms with E-state index >= 15 is 0 Å². The number of nitrogens with zero attached hydrogens (tertiary/aromatic N) is 2. The molecule has 25 heavy (non-hydrogen) atoms. The fourth-order valence-corrected chi connectivity index (χ4v) is 2.37. The molecule has 0 saturated carbocycles. The fourth-order valence-electron chi connectivity index (χ4n) is 2.37. The van der Waals surface area contributed by atoms with Gasteiger partial charge in [-0.25, -0.2) is 14.8 Å². The molecule has 3 aromatic rings. The third-order valence-electron chi connectivity index (χ3n) is 3.67. The van der Waals surface area contributed by atoms with Crippen LogP contribution < -0.4 is 11.1 Å². The van der Waals surface area contributed by atoms with Gasteiger partial charge in [0.15, 0.2) is 11.6 Å². The highest BCUT2D eigenvalue weighted by molar-refractivity contribution is 5.90. The number of carbonyl (C=O) groups excluding carboxylic acids is 1. The highest BCUT2D eigenvalue weighted by Crippen LogP contribution is 2.23. The fraction of sp³-hybridized carbons (Fsp3) is 0.211. The number of anilines is 3. The van der Waals surface area contributed by atoms with Gasteiger partial charge >= 0.3 is 5.97 Å². The Hall–Kier alpha value is -3.15. The Bertz CT molecular complexity index is 907. The summed E-state index contributed by atoms with van der Waals surface area (Å²) in [5.74, 6) is 0.482. The second kappa shape index (κ2) is 7.17. The number of nitrogens with one attached hydrogen (secondary N) is 1. The van der Waals surface area contributed by atoms with Crippen molar-refractivity contribution in [3.8, 4) is 0 Å². The molecule has 0 bridgehead atoms. The molecular formula is C19H20N4O2. The van der Waals surface area contributed by atoms with Gasteiger partial charge in [0.1, 0.15) is 0 Å². The molecule has 0 unspecified atom stereocenters. The maximum Gasteiger partial charge on any atom is 0.338 e. The molecule has 1 aromatic heterocycles. The molecule has 0 amide bonds. The van der Waals surface area contributed by atoms with Gasteiger partial charge in [0.2, 0.25) is 0 Å². The van der Waals surface area contributed by atoms with Gasteiger partial charge in [-0.15, -0.1) is 0 Å². The van der Waals surface area contributed by atoms with E-state index in [1.807, 2.05) is 32.0 Å². The number of ether oxygens (including phenoxy) is 1. The summed E-state index contributed by atoms with van der Waals surface area (Å²) in [6.07, 6.45) is 0.796. The summed E-state index contributed by atoms with van der Waals surface area (Å²) >= 11 is 0. The van der Waals surface area contributed by atoms with E-state index in [1.165, 1.54) is 0 Å². The Morgan fingerprint density at radius 2 is 1.88 bits per heavy atom. The molecule has 1 heterocycles. The largest absolute Gasteiger partial charge is 0.462 e. The summed E-state index contributed by atoms with van der Waals surface area (Å²) in [5, 5.41) is 3.14. The number of esters is 1. The molecule has 2 aromatic carbocycles. The number of fused-ring (bicyclic) bond motifs is 1. The lowest BCUT2D eigenvalue weighted by Crippen LogP contribution is -2.06. The first kappa shape index (κ1) is 16.7. The molecular weight excluding hydrogens is 316 g/mol. The van der Waals surface area contributed by atoms with Crippen molar-refractivity contribution < 1.29 is 9.53 Å². The zero-order valence-corrected chi connectivity index (χ0v) is 14.2. The number of carbonyl (C=O) groups is 1. The van der Waals surface area contributed by atoms with Crippen molar-refractivity contribution in [3.63, 3.8) is 0 Å². The van der Waals surface area contributed by atoms with E-state index < -0.39 is 0 Å². The lowest BCUT2D eigenvalue weighted by atomic mass is 10.2. The number of rotatable bonds is 5. The summed E-state index contributed by atoms with van der Waals surface area (Å²) in [7, 11) is 0. The van der Waals surface area contributed by atoms with Crippen LogP contribution in [-0.2, 0) is 4.74 Å².